The minimum absolute atomic E-state index is 0.0846. The first-order valence-electron chi connectivity index (χ1n) is 11.0. The normalized spacial score (nSPS) is 12.1. The van der Waals surface area contributed by atoms with E-state index in [1.54, 1.807) is 12.1 Å². The number of carbonyl (C=O) groups excluding carboxylic acids is 1. The fourth-order valence-corrected chi connectivity index (χ4v) is 4.39. The van der Waals surface area contributed by atoms with Crippen molar-refractivity contribution in [1.82, 2.24) is 15.0 Å². The average molecular weight is 485 g/mol. The fourth-order valence-electron chi connectivity index (χ4n) is 3.98. The number of pyridine rings is 1. The lowest BCUT2D eigenvalue weighted by Crippen LogP contribution is -2.31. The lowest BCUT2D eigenvalue weighted by Gasteiger charge is -2.21. The number of sulfonamides is 1. The van der Waals surface area contributed by atoms with Gasteiger partial charge in [-0.2, -0.15) is 5.26 Å². The number of para-hydroxylation sites is 1. The molecule has 176 valence electrons. The fraction of sp³-hybridized carbons (Fsp3) is 0.148. The summed E-state index contributed by atoms with van der Waals surface area (Å²) in [7, 11) is -3.54. The number of nitrogens with zero attached hydrogens (tertiary/aromatic N) is 2. The van der Waals surface area contributed by atoms with Gasteiger partial charge in [-0.25, -0.2) is 18.1 Å². The highest BCUT2D eigenvalue weighted by molar-refractivity contribution is 7.88. The SMILES string of the molecule is CS(=O)(=O)NCc1c(-c2ccccc2)nc2ccccc2c1C(=O)N[C@@H](CC#N)c1ccccc1. The molecule has 0 aliphatic rings. The van der Waals surface area contributed by atoms with Crippen molar-refractivity contribution in [3.05, 3.63) is 102 Å². The minimum Gasteiger partial charge on any atom is -0.344 e. The van der Waals surface area contributed by atoms with Crippen LogP contribution in [-0.2, 0) is 16.6 Å². The molecule has 35 heavy (non-hydrogen) atoms. The second-order valence-corrected chi connectivity index (χ2v) is 9.92. The molecular weight excluding hydrogens is 460 g/mol. The van der Waals surface area contributed by atoms with Crippen LogP contribution in [-0.4, -0.2) is 25.6 Å². The third-order valence-electron chi connectivity index (χ3n) is 5.58. The smallest absolute Gasteiger partial charge is 0.252 e. The number of hydrogen-bond donors (Lipinski definition) is 2. The number of amides is 1. The van der Waals surface area contributed by atoms with Gasteiger partial charge in [-0.05, 0) is 11.6 Å². The summed E-state index contributed by atoms with van der Waals surface area (Å²) < 4.78 is 26.5. The number of nitrogens with one attached hydrogen (secondary N) is 2. The molecule has 0 aliphatic heterocycles. The van der Waals surface area contributed by atoms with Crippen LogP contribution in [0.5, 0.6) is 0 Å². The first-order chi connectivity index (χ1) is 16.9. The number of rotatable bonds is 8. The lowest BCUT2D eigenvalue weighted by atomic mass is 9.95. The average Bonchev–Trinajstić information content (AvgIpc) is 2.87. The molecule has 1 heterocycles. The molecule has 7 nitrogen and oxygen atoms in total. The summed E-state index contributed by atoms with van der Waals surface area (Å²) in [6.45, 7) is -0.113. The second-order valence-electron chi connectivity index (χ2n) is 8.09. The van der Waals surface area contributed by atoms with E-state index >= 15 is 0 Å². The number of fused-ring (bicyclic) bond motifs is 1. The lowest BCUT2D eigenvalue weighted by molar-refractivity contribution is 0.0938. The van der Waals surface area contributed by atoms with Crippen LogP contribution < -0.4 is 10.0 Å². The van der Waals surface area contributed by atoms with Crippen molar-refractivity contribution in [2.75, 3.05) is 6.26 Å². The zero-order valence-corrected chi connectivity index (χ0v) is 19.9. The number of hydrogen-bond acceptors (Lipinski definition) is 5. The van der Waals surface area contributed by atoms with Gasteiger partial charge >= 0.3 is 0 Å². The number of aromatic nitrogens is 1. The highest BCUT2D eigenvalue weighted by Crippen LogP contribution is 2.31. The summed E-state index contributed by atoms with van der Waals surface area (Å²) in [6, 6.07) is 27.5. The number of benzene rings is 3. The first-order valence-corrected chi connectivity index (χ1v) is 12.9. The Balaban J connectivity index is 1.90. The van der Waals surface area contributed by atoms with Gasteiger partial charge in [-0.1, -0.05) is 78.9 Å². The summed E-state index contributed by atoms with van der Waals surface area (Å²) >= 11 is 0. The van der Waals surface area contributed by atoms with Crippen LogP contribution in [0, 0.1) is 11.3 Å². The molecule has 0 saturated carbocycles. The molecule has 0 fully saturated rings. The van der Waals surface area contributed by atoms with E-state index in [9.17, 15) is 18.5 Å². The van der Waals surface area contributed by atoms with Crippen molar-refractivity contribution in [1.29, 1.82) is 5.26 Å². The van der Waals surface area contributed by atoms with Gasteiger partial charge in [0.05, 0.1) is 41.6 Å². The van der Waals surface area contributed by atoms with E-state index in [-0.39, 0.29) is 13.0 Å². The molecule has 4 rings (SSSR count). The van der Waals surface area contributed by atoms with Crippen LogP contribution in [0.2, 0.25) is 0 Å². The van der Waals surface area contributed by atoms with Gasteiger partial charge in [0.15, 0.2) is 0 Å². The molecule has 1 atom stereocenters. The van der Waals surface area contributed by atoms with E-state index in [0.29, 0.717) is 27.7 Å². The Kier molecular flexibility index (Phi) is 7.20. The van der Waals surface area contributed by atoms with Gasteiger partial charge in [0.2, 0.25) is 10.0 Å². The quantitative estimate of drug-likeness (QED) is 0.386. The largest absolute Gasteiger partial charge is 0.344 e. The van der Waals surface area contributed by atoms with Crippen molar-refractivity contribution >= 4 is 26.8 Å². The van der Waals surface area contributed by atoms with Gasteiger partial charge in [0.1, 0.15) is 0 Å². The molecule has 0 saturated heterocycles. The van der Waals surface area contributed by atoms with Crippen molar-refractivity contribution in [3.8, 4) is 17.3 Å². The maximum Gasteiger partial charge on any atom is 0.252 e. The molecule has 2 N–H and O–H groups in total. The van der Waals surface area contributed by atoms with Crippen molar-refractivity contribution in [2.24, 2.45) is 0 Å². The molecule has 0 unspecified atom stereocenters. The monoisotopic (exact) mass is 484 g/mol. The molecule has 1 amide bonds. The summed E-state index contributed by atoms with van der Waals surface area (Å²) in [5, 5.41) is 13.0. The molecule has 4 aromatic rings. The predicted octanol–water partition coefficient (Wildman–Crippen LogP) is 4.34. The van der Waals surface area contributed by atoms with Crippen LogP contribution in [0.4, 0.5) is 0 Å². The highest BCUT2D eigenvalue weighted by atomic mass is 32.2. The third-order valence-corrected chi connectivity index (χ3v) is 6.25. The summed E-state index contributed by atoms with van der Waals surface area (Å²) in [4.78, 5) is 18.6. The zero-order chi connectivity index (χ0) is 24.8. The maximum absolute atomic E-state index is 13.8. The third kappa shape index (κ3) is 5.72. The van der Waals surface area contributed by atoms with Gasteiger partial charge in [-0.15, -0.1) is 0 Å². The van der Waals surface area contributed by atoms with E-state index in [1.807, 2.05) is 72.8 Å². The van der Waals surface area contributed by atoms with E-state index in [1.165, 1.54) is 0 Å². The number of nitriles is 1. The molecule has 0 radical (unpaired) electrons. The summed E-state index contributed by atoms with van der Waals surface area (Å²) in [6.07, 6.45) is 1.16. The molecular formula is C27H24N4O3S. The van der Waals surface area contributed by atoms with Crippen molar-refractivity contribution in [2.45, 2.75) is 19.0 Å². The van der Waals surface area contributed by atoms with Gasteiger partial charge < -0.3 is 5.32 Å². The van der Waals surface area contributed by atoms with Crippen LogP contribution >= 0.6 is 0 Å². The Morgan fingerprint density at radius 2 is 1.60 bits per heavy atom. The van der Waals surface area contributed by atoms with E-state index < -0.39 is 22.0 Å². The van der Waals surface area contributed by atoms with Gasteiger partial charge in [0, 0.05) is 23.1 Å². The Morgan fingerprint density at radius 1 is 0.971 bits per heavy atom. The van der Waals surface area contributed by atoms with E-state index in [4.69, 9.17) is 4.98 Å². The van der Waals surface area contributed by atoms with Gasteiger partial charge in [-0.3, -0.25) is 4.79 Å². The van der Waals surface area contributed by atoms with E-state index in [2.05, 4.69) is 16.1 Å². The molecule has 0 aliphatic carbocycles. The van der Waals surface area contributed by atoms with Gasteiger partial charge in [0.25, 0.3) is 5.91 Å². The Labute approximate surface area is 204 Å². The van der Waals surface area contributed by atoms with Crippen LogP contribution in [0.3, 0.4) is 0 Å². The van der Waals surface area contributed by atoms with Crippen LogP contribution in [0.15, 0.2) is 84.9 Å². The standard InChI is InChI=1S/C27H24N4O3S/c1-35(33,34)29-18-22-25(27(32)31-23(16-17-28)19-10-4-2-5-11-19)21-14-8-9-15-24(21)30-26(22)20-12-6-3-7-13-20/h2-15,23,29H,16,18H2,1H3,(H,31,32)/t23-/m0/s1. The van der Waals surface area contributed by atoms with E-state index in [0.717, 1.165) is 17.4 Å². The Bertz CT molecular complexity index is 1500. The van der Waals surface area contributed by atoms with Crippen molar-refractivity contribution in [3.63, 3.8) is 0 Å². The topological polar surface area (TPSA) is 112 Å². The molecule has 8 heteroatoms. The van der Waals surface area contributed by atoms with Crippen LogP contribution in [0.25, 0.3) is 22.2 Å². The maximum atomic E-state index is 13.8. The molecule has 0 spiro atoms. The molecule has 1 aromatic heterocycles. The van der Waals surface area contributed by atoms with Crippen molar-refractivity contribution < 1.29 is 13.2 Å². The number of carbonyl (C=O) groups is 1. The second kappa shape index (κ2) is 10.5. The Morgan fingerprint density at radius 3 is 2.26 bits per heavy atom. The summed E-state index contributed by atoms with van der Waals surface area (Å²) in [5.41, 5.74) is 3.47. The highest BCUT2D eigenvalue weighted by Gasteiger charge is 2.24. The summed E-state index contributed by atoms with van der Waals surface area (Å²) in [5.74, 6) is -0.407. The first kappa shape index (κ1) is 24.1. The minimum atomic E-state index is -3.54. The Hall–Kier alpha value is -4.06. The zero-order valence-electron chi connectivity index (χ0n) is 19.1. The van der Waals surface area contributed by atoms with Crippen LogP contribution in [0.1, 0.15) is 33.9 Å². The molecule has 0 bridgehead atoms. The molecule has 3 aromatic carbocycles. The predicted molar refractivity (Wildman–Crippen MR) is 136 cm³/mol.